The molecule has 1 aromatic heterocycles. The molecule has 0 aliphatic carbocycles. The molecule has 10 nitrogen and oxygen atoms in total. The van der Waals surface area contributed by atoms with Crippen molar-refractivity contribution in [3.63, 3.8) is 0 Å². The molecule has 11 heteroatoms. The number of rotatable bonds is 9. The monoisotopic (exact) mass is 569 g/mol. The molecule has 208 valence electrons. The summed E-state index contributed by atoms with van der Waals surface area (Å²) in [6.45, 7) is 3.84. The first-order valence-corrected chi connectivity index (χ1v) is 13.7. The van der Waals surface area contributed by atoms with Gasteiger partial charge in [0.2, 0.25) is 0 Å². The van der Waals surface area contributed by atoms with Crippen molar-refractivity contribution in [3.8, 4) is 0 Å². The molecule has 3 aromatic rings. The Balaban J connectivity index is 1.38. The summed E-state index contributed by atoms with van der Waals surface area (Å²) < 4.78 is 6.06. The maximum Gasteiger partial charge on any atom is 0.356 e. The number of thioether (sulfide) groups is 1. The number of pyridine rings is 1. The molecule has 2 amide bonds. The van der Waals surface area contributed by atoms with Crippen LogP contribution in [0.15, 0.2) is 108 Å². The average Bonchev–Trinajstić information content (AvgIpc) is 3.01. The summed E-state index contributed by atoms with van der Waals surface area (Å²) in [6.07, 6.45) is 0.857. The molecule has 0 radical (unpaired) electrons. The second-order valence-electron chi connectivity index (χ2n) is 9.12. The number of hydrogen-bond donors (Lipinski definition) is 2. The lowest BCUT2D eigenvalue weighted by Gasteiger charge is -2.49. The van der Waals surface area contributed by atoms with Gasteiger partial charge in [-0.05, 0) is 28.8 Å². The largest absolute Gasteiger partial charge is 0.448 e. The Bertz CT molecular complexity index is 1500. The summed E-state index contributed by atoms with van der Waals surface area (Å²) in [7, 11) is 1.30. The third-order valence-corrected chi connectivity index (χ3v) is 7.87. The molecule has 1 unspecified atom stereocenters. The molecule has 3 heterocycles. The third kappa shape index (κ3) is 5.57. The molecule has 0 bridgehead atoms. The summed E-state index contributed by atoms with van der Waals surface area (Å²) in [5, 5.41) is 5.96. The second-order valence-corrected chi connectivity index (χ2v) is 10.2. The van der Waals surface area contributed by atoms with Crippen LogP contribution in [0.5, 0.6) is 0 Å². The smallest absolute Gasteiger partial charge is 0.356 e. The number of carbonyl (C=O) groups excluding carboxylic acids is 3. The van der Waals surface area contributed by atoms with Gasteiger partial charge in [0.1, 0.15) is 35.7 Å². The molecule has 1 saturated heterocycles. The predicted octanol–water partition coefficient (Wildman–Crippen LogP) is 3.19. The quantitative estimate of drug-likeness (QED) is 0.174. The number of allylic oxidation sites excluding steroid dienone is 1. The number of nitrogens with zero attached hydrogens (tertiary/aromatic N) is 3. The maximum atomic E-state index is 13.7. The van der Waals surface area contributed by atoms with E-state index in [0.29, 0.717) is 11.3 Å². The Labute approximate surface area is 240 Å². The number of β-lactam (4-membered cyclic amide) rings is 1. The van der Waals surface area contributed by atoms with Crippen LogP contribution in [0.25, 0.3) is 0 Å². The molecule has 5 rings (SSSR count). The van der Waals surface area contributed by atoms with Crippen molar-refractivity contribution in [2.75, 3.05) is 18.6 Å². The number of nitrogens with one attached hydrogen (secondary N) is 1. The van der Waals surface area contributed by atoms with Gasteiger partial charge < -0.3 is 20.6 Å². The number of hydrogen-bond acceptors (Lipinski definition) is 9. The van der Waals surface area contributed by atoms with E-state index in [4.69, 9.17) is 15.3 Å². The minimum absolute atomic E-state index is 0.111. The number of esters is 1. The molecule has 2 aliphatic rings. The number of oxime groups is 1. The number of carbonyl (C=O) groups is 3. The fourth-order valence-corrected chi connectivity index (χ4v) is 5.96. The fourth-order valence-electron chi connectivity index (χ4n) is 4.62. The number of anilines is 1. The fraction of sp³-hybridized carbons (Fsp3) is 0.167. The molecule has 2 atom stereocenters. The molecule has 0 saturated carbocycles. The highest BCUT2D eigenvalue weighted by Crippen LogP contribution is 2.41. The van der Waals surface area contributed by atoms with Crippen molar-refractivity contribution < 1.29 is 24.0 Å². The molecule has 41 heavy (non-hydrogen) atoms. The van der Waals surface area contributed by atoms with E-state index >= 15 is 0 Å². The lowest BCUT2D eigenvalue weighted by molar-refractivity contribution is -0.154. The number of nitrogen functional groups attached to an aromatic ring is 1. The zero-order chi connectivity index (χ0) is 28.9. The molecule has 0 spiro atoms. The summed E-state index contributed by atoms with van der Waals surface area (Å²) in [4.78, 5) is 50.6. The van der Waals surface area contributed by atoms with Crippen molar-refractivity contribution in [1.82, 2.24) is 15.2 Å². The van der Waals surface area contributed by atoms with Gasteiger partial charge >= 0.3 is 5.97 Å². The molecule has 2 aromatic carbocycles. The van der Waals surface area contributed by atoms with E-state index in [1.54, 1.807) is 24.3 Å². The zero-order valence-electron chi connectivity index (χ0n) is 22.1. The van der Waals surface area contributed by atoms with E-state index < -0.39 is 35.3 Å². The van der Waals surface area contributed by atoms with E-state index in [2.05, 4.69) is 22.0 Å². The van der Waals surface area contributed by atoms with Crippen LogP contribution in [-0.2, 0) is 24.0 Å². The molecule has 1 fully saturated rings. The van der Waals surface area contributed by atoms with Crippen LogP contribution in [0, 0.1) is 0 Å². The third-order valence-electron chi connectivity index (χ3n) is 6.56. The van der Waals surface area contributed by atoms with Crippen LogP contribution in [-0.4, -0.2) is 57.7 Å². The van der Waals surface area contributed by atoms with Gasteiger partial charge in [0.25, 0.3) is 11.8 Å². The first-order chi connectivity index (χ1) is 19.9. The first-order valence-electron chi connectivity index (χ1n) is 12.7. The average molecular weight is 570 g/mol. The van der Waals surface area contributed by atoms with Crippen LogP contribution >= 0.6 is 11.8 Å². The lowest BCUT2D eigenvalue weighted by atomic mass is 10.0. The van der Waals surface area contributed by atoms with Gasteiger partial charge in [0, 0.05) is 5.75 Å². The minimum atomic E-state index is -0.913. The predicted molar refractivity (Wildman–Crippen MR) is 155 cm³/mol. The standard InChI is InChI=1S/C30H27N5O5S/c1-3-18-17-41-29-24(33-27(36)23(34-39-2)21-15-10-16-22(31)32-21)28(37)35(29)25(18)30(38)40-26(19-11-6-4-7-12-19)20-13-8-5-9-14-20/h3-16,24,26,29H,1,17H2,2H3,(H2,31,32)(H,33,36)/b34-23-/t24?,29-/m1/s1. The van der Waals surface area contributed by atoms with Crippen molar-refractivity contribution in [3.05, 3.63) is 120 Å². The number of aromatic nitrogens is 1. The molecular formula is C30H27N5O5S. The number of nitrogens with two attached hydrogens (primary N) is 1. The molecule has 2 aliphatic heterocycles. The molecule has 3 N–H and O–H groups in total. The Morgan fingerprint density at radius 1 is 1.10 bits per heavy atom. The Kier molecular flexibility index (Phi) is 8.16. The molecular weight excluding hydrogens is 542 g/mol. The second kappa shape index (κ2) is 12.1. The number of fused-ring (bicyclic) bond motifs is 1. The van der Waals surface area contributed by atoms with Crippen LogP contribution in [0.2, 0.25) is 0 Å². The Morgan fingerprint density at radius 3 is 2.34 bits per heavy atom. The maximum absolute atomic E-state index is 13.7. The van der Waals surface area contributed by atoms with Gasteiger partial charge in [-0.15, -0.1) is 11.8 Å². The Morgan fingerprint density at radius 2 is 1.76 bits per heavy atom. The van der Waals surface area contributed by atoms with Crippen LogP contribution < -0.4 is 11.1 Å². The first kappa shape index (κ1) is 27.7. The summed E-state index contributed by atoms with van der Waals surface area (Å²) in [6, 6.07) is 22.6. The number of amides is 2. The zero-order valence-corrected chi connectivity index (χ0v) is 22.9. The van der Waals surface area contributed by atoms with Crippen molar-refractivity contribution in [2.24, 2.45) is 5.16 Å². The highest BCUT2D eigenvalue weighted by molar-refractivity contribution is 8.00. The van der Waals surface area contributed by atoms with Gasteiger partial charge in [-0.25, -0.2) is 9.78 Å². The highest BCUT2D eigenvalue weighted by atomic mass is 32.2. The normalized spacial score (nSPS) is 18.3. The van der Waals surface area contributed by atoms with E-state index in [0.717, 1.165) is 11.1 Å². The summed E-state index contributed by atoms with van der Waals surface area (Å²) in [5.41, 5.74) is 8.07. The van der Waals surface area contributed by atoms with E-state index in [1.165, 1.54) is 23.8 Å². The lowest BCUT2D eigenvalue weighted by Crippen LogP contribution is -2.71. The summed E-state index contributed by atoms with van der Waals surface area (Å²) >= 11 is 1.40. The van der Waals surface area contributed by atoms with Crippen LogP contribution in [0.1, 0.15) is 22.9 Å². The van der Waals surface area contributed by atoms with Crippen molar-refractivity contribution >= 4 is 41.1 Å². The summed E-state index contributed by atoms with van der Waals surface area (Å²) in [5.74, 6) is -1.20. The highest BCUT2D eigenvalue weighted by Gasteiger charge is 2.54. The van der Waals surface area contributed by atoms with Gasteiger partial charge in [0.05, 0.1) is 0 Å². The van der Waals surface area contributed by atoms with Gasteiger partial charge in [-0.2, -0.15) is 0 Å². The van der Waals surface area contributed by atoms with Crippen molar-refractivity contribution in [2.45, 2.75) is 17.5 Å². The van der Waals surface area contributed by atoms with Gasteiger partial charge in [-0.1, -0.05) is 84.5 Å². The van der Waals surface area contributed by atoms with E-state index in [-0.39, 0.29) is 22.9 Å². The number of benzene rings is 2. The van der Waals surface area contributed by atoms with Crippen LogP contribution in [0.3, 0.4) is 0 Å². The number of ether oxygens (including phenoxy) is 1. The Hall–Kier alpha value is -4.90. The van der Waals surface area contributed by atoms with Gasteiger partial charge in [0.15, 0.2) is 11.8 Å². The topological polar surface area (TPSA) is 136 Å². The van der Waals surface area contributed by atoms with E-state index in [9.17, 15) is 14.4 Å². The van der Waals surface area contributed by atoms with Crippen LogP contribution in [0.4, 0.5) is 5.82 Å². The minimum Gasteiger partial charge on any atom is -0.448 e. The van der Waals surface area contributed by atoms with Crippen molar-refractivity contribution in [1.29, 1.82) is 0 Å². The van der Waals surface area contributed by atoms with Gasteiger partial charge in [-0.3, -0.25) is 14.5 Å². The SMILES string of the molecule is C=CC1=C(C(=O)OC(c2ccccc2)c2ccccc2)N2C(=O)C(NC(=O)/C(=N\OC)c3cccc(N)n3)[C@H]2SC1. The van der Waals surface area contributed by atoms with E-state index in [1.807, 2.05) is 60.7 Å².